The summed E-state index contributed by atoms with van der Waals surface area (Å²) < 4.78 is 36.7. The smallest absolute Gasteiger partial charge is 0.412 e. The Labute approximate surface area is 212 Å². The number of nitrogens with zero attached hydrogens (tertiary/aromatic N) is 2. The van der Waals surface area contributed by atoms with Crippen LogP contribution in [0.5, 0.6) is 0 Å². The number of aryl methyl sites for hydroxylation is 1. The van der Waals surface area contributed by atoms with Crippen LogP contribution in [0.15, 0.2) is 54.4 Å². The molecule has 0 bridgehead atoms. The predicted octanol–water partition coefficient (Wildman–Crippen LogP) is 4.30. The summed E-state index contributed by atoms with van der Waals surface area (Å²) in [5.74, 6) is -0.724. The van der Waals surface area contributed by atoms with Gasteiger partial charge in [0.05, 0.1) is 24.6 Å². The van der Waals surface area contributed by atoms with Gasteiger partial charge in [-0.1, -0.05) is 50.0 Å². The molecule has 0 radical (unpaired) electrons. The Morgan fingerprint density at radius 3 is 2.47 bits per heavy atom. The number of rotatable bonds is 9. The second kappa shape index (κ2) is 11.1. The highest BCUT2D eigenvalue weighted by Gasteiger charge is 2.22. The van der Waals surface area contributed by atoms with E-state index in [1.165, 1.54) is 19.4 Å². The van der Waals surface area contributed by atoms with Crippen LogP contribution in [0.2, 0.25) is 25.7 Å². The molecule has 36 heavy (non-hydrogen) atoms. The first-order valence-electron chi connectivity index (χ1n) is 11.4. The molecule has 0 saturated heterocycles. The van der Waals surface area contributed by atoms with Gasteiger partial charge in [0, 0.05) is 13.5 Å². The molecule has 9 nitrogen and oxygen atoms in total. The number of amides is 1. The molecule has 2 aromatic carbocycles. The van der Waals surface area contributed by atoms with E-state index in [9.17, 15) is 18.0 Å². The van der Waals surface area contributed by atoms with E-state index in [0.29, 0.717) is 28.1 Å². The number of fused-ring (bicyclic) bond motifs is 1. The zero-order chi connectivity index (χ0) is 26.5. The lowest BCUT2D eigenvalue weighted by Gasteiger charge is -2.15. The highest BCUT2D eigenvalue weighted by atomic mass is 32.2. The number of methoxy groups -OCH3 is 1. The zero-order valence-corrected chi connectivity index (χ0v) is 22.9. The molecule has 3 aromatic rings. The number of ether oxygens (including phenoxy) is 2. The minimum atomic E-state index is -3.59. The lowest BCUT2D eigenvalue weighted by molar-refractivity contribution is -0.136. The monoisotopic (exact) mass is 529 g/mol. The average Bonchev–Trinajstić information content (AvgIpc) is 3.27. The van der Waals surface area contributed by atoms with Crippen molar-refractivity contribution in [3.05, 3.63) is 71.0 Å². The summed E-state index contributed by atoms with van der Waals surface area (Å²) in [6.07, 6.45) is 2.10. The third kappa shape index (κ3) is 7.28. The van der Waals surface area contributed by atoms with Gasteiger partial charge < -0.3 is 9.47 Å². The van der Waals surface area contributed by atoms with E-state index in [-0.39, 0.29) is 18.1 Å². The number of hydrogen-bond acceptors (Lipinski definition) is 7. The van der Waals surface area contributed by atoms with Crippen LogP contribution < -0.4 is 5.32 Å². The summed E-state index contributed by atoms with van der Waals surface area (Å²) in [5.41, 5.74) is 2.49. The molecule has 192 valence electrons. The first kappa shape index (κ1) is 27.1. The van der Waals surface area contributed by atoms with Crippen molar-refractivity contribution in [2.24, 2.45) is 0 Å². The number of hydrogen-bond donors (Lipinski definition) is 1. The van der Waals surface area contributed by atoms with E-state index in [4.69, 9.17) is 9.47 Å². The number of aromatic nitrogens is 2. The van der Waals surface area contributed by atoms with Crippen LogP contribution in [0.25, 0.3) is 17.0 Å². The van der Waals surface area contributed by atoms with Gasteiger partial charge in [-0.25, -0.2) is 18.0 Å². The van der Waals surface area contributed by atoms with Crippen LogP contribution in [0.3, 0.4) is 0 Å². The number of esters is 1. The van der Waals surface area contributed by atoms with Crippen LogP contribution in [0, 0.1) is 6.92 Å². The fourth-order valence-electron chi connectivity index (χ4n) is 3.36. The minimum absolute atomic E-state index is 0.0318. The van der Waals surface area contributed by atoms with Gasteiger partial charge in [-0.15, -0.1) is 0 Å². The van der Waals surface area contributed by atoms with Crippen LogP contribution in [-0.4, -0.2) is 50.6 Å². The van der Waals surface area contributed by atoms with Crippen molar-refractivity contribution in [2.75, 3.05) is 12.9 Å². The Morgan fingerprint density at radius 2 is 1.83 bits per heavy atom. The van der Waals surface area contributed by atoms with Crippen molar-refractivity contribution < 1.29 is 27.5 Å². The molecular formula is C25H31N3O6SSi. The molecule has 0 atom stereocenters. The SMILES string of the molecule is COC(=O)/C(=C/c1cc(C)c2nn(S(=O)(=O)CC[Si](C)(C)C)cc2c1)NC(=O)OCc1ccccc1. The molecule has 11 heteroatoms. The lowest BCUT2D eigenvalue weighted by atomic mass is 10.1. The van der Waals surface area contributed by atoms with E-state index >= 15 is 0 Å². The Bertz CT molecular complexity index is 1390. The number of alkyl carbamates (subject to hydrolysis) is 1. The van der Waals surface area contributed by atoms with E-state index < -0.39 is 30.2 Å². The molecule has 0 aliphatic heterocycles. The van der Waals surface area contributed by atoms with Gasteiger partial charge in [-0.05, 0) is 47.9 Å². The molecule has 0 saturated carbocycles. The topological polar surface area (TPSA) is 117 Å². The number of benzene rings is 2. The third-order valence-corrected chi connectivity index (χ3v) is 8.95. The van der Waals surface area contributed by atoms with Crippen molar-refractivity contribution >= 4 is 47.1 Å². The Balaban J connectivity index is 1.85. The highest BCUT2D eigenvalue weighted by Crippen LogP contribution is 2.23. The molecule has 0 unspecified atom stereocenters. The molecular weight excluding hydrogens is 498 g/mol. The van der Waals surface area contributed by atoms with Crippen molar-refractivity contribution in [3.8, 4) is 0 Å². The standard InChI is InChI=1S/C25H31N3O6SSi/c1-18-13-20(14-21-16-28(27-23(18)21)35(31,32)11-12-36(3,4)5)15-22(24(29)33-2)26-25(30)34-17-19-9-7-6-8-10-19/h6-10,13-16H,11-12,17H2,1-5H3,(H,26,30)/b22-15-. The molecule has 0 aliphatic carbocycles. The van der Waals surface area contributed by atoms with Gasteiger partial charge in [0.25, 0.3) is 10.0 Å². The van der Waals surface area contributed by atoms with E-state index in [1.807, 2.05) is 30.3 Å². The van der Waals surface area contributed by atoms with E-state index in [0.717, 1.165) is 9.65 Å². The van der Waals surface area contributed by atoms with Gasteiger partial charge in [0.15, 0.2) is 0 Å². The fraction of sp³-hybridized carbons (Fsp3) is 0.320. The van der Waals surface area contributed by atoms with Crippen molar-refractivity contribution in [3.63, 3.8) is 0 Å². The van der Waals surface area contributed by atoms with Gasteiger partial charge in [-0.3, -0.25) is 5.32 Å². The second-order valence-electron chi connectivity index (χ2n) is 9.64. The summed E-state index contributed by atoms with van der Waals surface area (Å²) >= 11 is 0. The predicted molar refractivity (Wildman–Crippen MR) is 142 cm³/mol. The quantitative estimate of drug-likeness (QED) is 0.249. The molecule has 0 spiro atoms. The molecule has 3 rings (SSSR count). The van der Waals surface area contributed by atoms with E-state index in [1.54, 1.807) is 19.1 Å². The highest BCUT2D eigenvalue weighted by molar-refractivity contribution is 7.89. The number of carbonyl (C=O) groups is 2. The molecule has 0 aliphatic rings. The molecule has 1 N–H and O–H groups in total. The van der Waals surface area contributed by atoms with Crippen LogP contribution in [-0.2, 0) is 30.9 Å². The summed E-state index contributed by atoms with van der Waals surface area (Å²) in [6, 6.07) is 13.2. The largest absolute Gasteiger partial charge is 0.464 e. The summed E-state index contributed by atoms with van der Waals surface area (Å²) in [7, 11) is -3.94. The zero-order valence-electron chi connectivity index (χ0n) is 21.1. The minimum Gasteiger partial charge on any atom is -0.464 e. The van der Waals surface area contributed by atoms with Crippen molar-refractivity contribution in [1.29, 1.82) is 0 Å². The average molecular weight is 530 g/mol. The van der Waals surface area contributed by atoms with Crippen molar-refractivity contribution in [1.82, 2.24) is 14.5 Å². The van der Waals surface area contributed by atoms with Gasteiger partial charge in [0.2, 0.25) is 0 Å². The maximum absolute atomic E-state index is 12.8. The maximum Gasteiger partial charge on any atom is 0.412 e. The molecule has 1 heterocycles. The van der Waals surface area contributed by atoms with Crippen molar-refractivity contribution in [2.45, 2.75) is 39.2 Å². The van der Waals surface area contributed by atoms with Gasteiger partial charge in [0.1, 0.15) is 12.3 Å². The van der Waals surface area contributed by atoms with Gasteiger partial charge >= 0.3 is 12.1 Å². The van der Waals surface area contributed by atoms with Crippen LogP contribution in [0.1, 0.15) is 16.7 Å². The normalized spacial score (nSPS) is 12.4. The number of carbonyl (C=O) groups excluding carboxylic acids is 2. The first-order chi connectivity index (χ1) is 16.9. The fourth-order valence-corrected chi connectivity index (χ4v) is 7.51. The van der Waals surface area contributed by atoms with E-state index in [2.05, 4.69) is 30.1 Å². The summed E-state index contributed by atoms with van der Waals surface area (Å²) in [6.45, 7) is 8.20. The Morgan fingerprint density at radius 1 is 1.14 bits per heavy atom. The van der Waals surface area contributed by atoms with Crippen LogP contribution in [0.4, 0.5) is 4.79 Å². The second-order valence-corrected chi connectivity index (χ2v) is 17.2. The third-order valence-electron chi connectivity index (χ3n) is 5.36. The molecule has 1 aromatic heterocycles. The lowest BCUT2D eigenvalue weighted by Crippen LogP contribution is -2.28. The summed E-state index contributed by atoms with van der Waals surface area (Å²) in [5, 5.41) is 7.32. The first-order valence-corrected chi connectivity index (χ1v) is 16.7. The number of nitrogens with one attached hydrogen (secondary N) is 1. The Hall–Kier alpha value is -3.44. The summed E-state index contributed by atoms with van der Waals surface area (Å²) in [4.78, 5) is 24.6. The Kier molecular flexibility index (Phi) is 8.36. The van der Waals surface area contributed by atoms with Crippen LogP contribution >= 0.6 is 0 Å². The molecule has 1 amide bonds. The van der Waals surface area contributed by atoms with Gasteiger partial charge in [-0.2, -0.15) is 9.19 Å². The molecule has 0 fully saturated rings. The maximum atomic E-state index is 12.8.